The summed E-state index contributed by atoms with van der Waals surface area (Å²) in [5, 5.41) is 11.9. The van der Waals surface area contributed by atoms with E-state index in [1.54, 1.807) is 0 Å². The highest BCUT2D eigenvalue weighted by Crippen LogP contribution is 2.42. The molecule has 11 heteroatoms. The fraction of sp³-hybridized carbons (Fsp3) is 0.429. The van der Waals surface area contributed by atoms with E-state index in [-0.39, 0.29) is 23.5 Å². The van der Waals surface area contributed by atoms with Gasteiger partial charge >= 0.3 is 12.2 Å². The summed E-state index contributed by atoms with van der Waals surface area (Å²) in [6.45, 7) is 0. The molecule has 0 radical (unpaired) electrons. The smallest absolute Gasteiger partial charge is 0.349 e. The molecular weight excluding hydrogens is 343 g/mol. The summed E-state index contributed by atoms with van der Waals surface area (Å²) in [5.41, 5.74) is 1.10. The predicted octanol–water partition coefficient (Wildman–Crippen LogP) is 2.07. The lowest BCUT2D eigenvalue weighted by Gasteiger charge is -2.34. The van der Waals surface area contributed by atoms with E-state index in [9.17, 15) is 22.8 Å². The molecule has 2 aromatic heterocycles. The van der Waals surface area contributed by atoms with Crippen molar-refractivity contribution < 1.29 is 22.5 Å². The number of alkyl halides is 3. The van der Waals surface area contributed by atoms with Gasteiger partial charge in [-0.05, 0) is 24.8 Å². The molecule has 1 saturated heterocycles. The average Bonchev–Trinajstić information content (AvgIpc) is 3.11. The first-order valence-corrected chi connectivity index (χ1v) is 7.54. The first kappa shape index (κ1) is 15.7. The fourth-order valence-electron chi connectivity index (χ4n) is 3.46. The standard InChI is InChI=1S/C14H12F3N5O3/c15-14(16,17)9-5-10(21-25-9)18-13(24)22-7-1-2-8(22)12-6(3-7)4-11(23)19-20-12/h4-5,7-8H,1-3H2,(H,19,23)(H,18,21,24)/t7-,8+/m0/s1. The monoisotopic (exact) mass is 355 g/mol. The Bertz CT molecular complexity index is 890. The van der Waals surface area contributed by atoms with Crippen LogP contribution in [0.15, 0.2) is 21.5 Å². The topological polar surface area (TPSA) is 104 Å². The highest BCUT2D eigenvalue weighted by Gasteiger charge is 2.44. The normalized spacial score (nSPS) is 22.0. The molecule has 0 aliphatic carbocycles. The lowest BCUT2D eigenvalue weighted by Crippen LogP contribution is -2.45. The third-order valence-electron chi connectivity index (χ3n) is 4.45. The molecule has 0 unspecified atom stereocenters. The second kappa shape index (κ2) is 5.33. The number of rotatable bonds is 1. The van der Waals surface area contributed by atoms with Crippen molar-refractivity contribution in [2.75, 3.05) is 5.32 Å². The Kier molecular flexibility index (Phi) is 3.34. The molecule has 2 bridgehead atoms. The summed E-state index contributed by atoms with van der Waals surface area (Å²) in [4.78, 5) is 25.4. The van der Waals surface area contributed by atoms with Crippen LogP contribution in [0, 0.1) is 0 Å². The van der Waals surface area contributed by atoms with Crippen LogP contribution in [-0.2, 0) is 12.6 Å². The lowest BCUT2D eigenvalue weighted by atomic mass is 9.99. The predicted molar refractivity (Wildman–Crippen MR) is 76.7 cm³/mol. The van der Waals surface area contributed by atoms with E-state index in [2.05, 4.69) is 25.2 Å². The van der Waals surface area contributed by atoms with Crippen LogP contribution in [0.3, 0.4) is 0 Å². The maximum absolute atomic E-state index is 12.5. The number of hydrogen-bond donors (Lipinski definition) is 2. The minimum atomic E-state index is -4.67. The third-order valence-corrected chi connectivity index (χ3v) is 4.45. The highest BCUT2D eigenvalue weighted by atomic mass is 19.4. The second-order valence-corrected chi connectivity index (χ2v) is 6.01. The van der Waals surface area contributed by atoms with Crippen LogP contribution in [0.2, 0.25) is 0 Å². The summed E-state index contributed by atoms with van der Waals surface area (Å²) in [6, 6.07) is 1.05. The van der Waals surface area contributed by atoms with Gasteiger partial charge in [0.05, 0.1) is 11.7 Å². The van der Waals surface area contributed by atoms with Crippen LogP contribution >= 0.6 is 0 Å². The van der Waals surface area contributed by atoms with E-state index in [4.69, 9.17) is 0 Å². The largest absolute Gasteiger partial charge is 0.452 e. The van der Waals surface area contributed by atoms with Crippen LogP contribution in [0.25, 0.3) is 0 Å². The molecule has 0 spiro atoms. The van der Waals surface area contributed by atoms with Gasteiger partial charge in [-0.25, -0.2) is 9.89 Å². The molecule has 2 aliphatic rings. The summed E-state index contributed by atoms with van der Waals surface area (Å²) < 4.78 is 41.8. The minimum Gasteiger partial charge on any atom is -0.349 e. The van der Waals surface area contributed by atoms with E-state index in [0.29, 0.717) is 24.6 Å². The molecule has 2 aromatic rings. The number of anilines is 1. The maximum atomic E-state index is 12.5. The second-order valence-electron chi connectivity index (χ2n) is 6.01. The van der Waals surface area contributed by atoms with Crippen molar-refractivity contribution in [2.45, 2.75) is 37.5 Å². The van der Waals surface area contributed by atoms with Gasteiger partial charge in [-0.2, -0.15) is 18.3 Å². The van der Waals surface area contributed by atoms with Gasteiger partial charge in [0.15, 0.2) is 5.82 Å². The van der Waals surface area contributed by atoms with Crippen molar-refractivity contribution in [3.8, 4) is 0 Å². The van der Waals surface area contributed by atoms with Crippen LogP contribution in [0.4, 0.5) is 23.8 Å². The van der Waals surface area contributed by atoms with E-state index < -0.39 is 18.0 Å². The number of H-pyrrole nitrogens is 1. The van der Waals surface area contributed by atoms with Crippen molar-refractivity contribution in [3.63, 3.8) is 0 Å². The molecule has 0 saturated carbocycles. The number of halogens is 3. The first-order valence-electron chi connectivity index (χ1n) is 7.54. The molecule has 4 rings (SSSR count). The number of amides is 2. The molecule has 8 nitrogen and oxygen atoms in total. The van der Waals surface area contributed by atoms with Crippen LogP contribution in [-0.4, -0.2) is 32.3 Å². The Morgan fingerprint density at radius 2 is 2.16 bits per heavy atom. The number of nitrogens with one attached hydrogen (secondary N) is 2. The van der Waals surface area contributed by atoms with Gasteiger partial charge in [0.25, 0.3) is 5.56 Å². The number of hydrogen-bond acceptors (Lipinski definition) is 5. The number of nitrogens with zero attached hydrogens (tertiary/aromatic N) is 3. The Labute approximate surface area is 138 Å². The minimum absolute atomic E-state index is 0.143. The third kappa shape index (κ3) is 2.65. The van der Waals surface area contributed by atoms with Crippen LogP contribution in [0.1, 0.15) is 35.9 Å². The Morgan fingerprint density at radius 1 is 1.36 bits per heavy atom. The number of urea groups is 1. The van der Waals surface area contributed by atoms with Gasteiger partial charge < -0.3 is 9.42 Å². The average molecular weight is 355 g/mol. The van der Waals surface area contributed by atoms with Gasteiger partial charge in [-0.15, -0.1) is 0 Å². The molecule has 1 fully saturated rings. The van der Waals surface area contributed by atoms with Crippen molar-refractivity contribution in [1.29, 1.82) is 0 Å². The number of carbonyl (C=O) groups excluding carboxylic acids is 1. The van der Waals surface area contributed by atoms with Crippen molar-refractivity contribution in [2.24, 2.45) is 0 Å². The number of carbonyl (C=O) groups is 1. The quantitative estimate of drug-likeness (QED) is 0.815. The molecule has 2 amide bonds. The SMILES string of the molecule is O=C(Nc1cc(C(F)(F)F)on1)N1[C@H]2CC[C@@H]1c1n[nH]c(=O)cc1C2. The Balaban J connectivity index is 1.56. The van der Waals surface area contributed by atoms with E-state index in [1.165, 1.54) is 11.0 Å². The number of aromatic amines is 1. The molecular formula is C14H12F3N5O3. The molecule has 2 aliphatic heterocycles. The molecule has 2 atom stereocenters. The van der Waals surface area contributed by atoms with Crippen LogP contribution < -0.4 is 10.9 Å². The highest BCUT2D eigenvalue weighted by molar-refractivity contribution is 5.89. The molecule has 25 heavy (non-hydrogen) atoms. The Morgan fingerprint density at radius 3 is 2.88 bits per heavy atom. The van der Waals surface area contributed by atoms with E-state index in [1.807, 2.05) is 0 Å². The Hall–Kier alpha value is -2.85. The van der Waals surface area contributed by atoms with E-state index in [0.717, 1.165) is 12.0 Å². The van der Waals surface area contributed by atoms with Gasteiger partial charge in [0.2, 0.25) is 5.76 Å². The first-order chi connectivity index (χ1) is 11.8. The zero-order chi connectivity index (χ0) is 17.8. The van der Waals surface area contributed by atoms with Crippen molar-refractivity contribution >= 4 is 11.8 Å². The zero-order valence-electron chi connectivity index (χ0n) is 12.6. The number of aromatic nitrogens is 3. The summed E-state index contributed by atoms with van der Waals surface area (Å²) in [7, 11) is 0. The number of fused-ring (bicyclic) bond motifs is 4. The van der Waals surface area contributed by atoms with E-state index >= 15 is 0 Å². The summed E-state index contributed by atoms with van der Waals surface area (Å²) >= 11 is 0. The van der Waals surface area contributed by atoms with Gasteiger partial charge in [0.1, 0.15) is 0 Å². The van der Waals surface area contributed by atoms with Crippen molar-refractivity contribution in [1.82, 2.24) is 20.3 Å². The van der Waals surface area contributed by atoms with Gasteiger partial charge in [-0.3, -0.25) is 10.1 Å². The maximum Gasteiger partial charge on any atom is 0.452 e. The van der Waals surface area contributed by atoms with Gasteiger partial charge in [-0.1, -0.05) is 5.16 Å². The fourth-order valence-corrected chi connectivity index (χ4v) is 3.46. The van der Waals surface area contributed by atoms with Crippen LogP contribution in [0.5, 0.6) is 0 Å². The molecule has 132 valence electrons. The molecule has 2 N–H and O–H groups in total. The molecule has 4 heterocycles. The van der Waals surface area contributed by atoms with Gasteiger partial charge in [0, 0.05) is 18.2 Å². The zero-order valence-corrected chi connectivity index (χ0v) is 12.6. The molecule has 0 aromatic carbocycles. The summed E-state index contributed by atoms with van der Waals surface area (Å²) in [5.74, 6) is -1.59. The lowest BCUT2D eigenvalue weighted by molar-refractivity contribution is -0.155. The summed E-state index contributed by atoms with van der Waals surface area (Å²) in [6.07, 6.45) is -2.82. The van der Waals surface area contributed by atoms with Crippen molar-refractivity contribution in [3.05, 3.63) is 39.5 Å².